The first kappa shape index (κ1) is 8.32. The Morgan fingerprint density at radius 3 is 1.54 bits per heavy atom. The lowest BCUT2D eigenvalue weighted by Gasteiger charge is -2.34. The van der Waals surface area contributed by atoms with Gasteiger partial charge < -0.3 is 0 Å². The summed E-state index contributed by atoms with van der Waals surface area (Å²) < 4.78 is 0. The van der Waals surface area contributed by atoms with E-state index < -0.39 is 0 Å². The molecule has 0 nitrogen and oxygen atoms in total. The van der Waals surface area contributed by atoms with Crippen molar-refractivity contribution in [1.82, 2.24) is 0 Å². The minimum atomic E-state index is 1.16. The van der Waals surface area contributed by atoms with Gasteiger partial charge in [-0.2, -0.15) is 0 Å². The molecule has 2 unspecified atom stereocenters. The van der Waals surface area contributed by atoms with Gasteiger partial charge in [-0.3, -0.25) is 0 Å². The Bertz CT molecular complexity index is 162. The molecule has 0 N–H and O–H groups in total. The lowest BCUT2D eigenvalue weighted by atomic mass is 9.71. The molecule has 0 aromatic carbocycles. The Labute approximate surface area is 82.1 Å². The molecule has 2 bridgehead atoms. The van der Waals surface area contributed by atoms with Gasteiger partial charge in [0.05, 0.1) is 0 Å². The van der Waals surface area contributed by atoms with Crippen LogP contribution in [0, 0.1) is 23.7 Å². The Morgan fingerprint density at radius 1 is 0.462 bits per heavy atom. The van der Waals surface area contributed by atoms with Crippen LogP contribution in [0.15, 0.2) is 0 Å². The molecule has 3 rings (SSSR count). The molecule has 74 valence electrons. The zero-order valence-corrected chi connectivity index (χ0v) is 8.67. The molecule has 3 saturated carbocycles. The predicted octanol–water partition coefficient (Wildman–Crippen LogP) is 4.00. The van der Waals surface area contributed by atoms with Crippen LogP contribution in [0.25, 0.3) is 0 Å². The van der Waals surface area contributed by atoms with Gasteiger partial charge in [-0.25, -0.2) is 0 Å². The maximum atomic E-state index is 1.59. The molecule has 3 aliphatic carbocycles. The van der Waals surface area contributed by atoms with Crippen molar-refractivity contribution in [2.75, 3.05) is 0 Å². The predicted molar refractivity (Wildman–Crippen MR) is 55.5 cm³/mol. The molecule has 0 aromatic heterocycles. The molecule has 0 saturated heterocycles. The van der Waals surface area contributed by atoms with Crippen molar-refractivity contribution < 1.29 is 0 Å². The fourth-order valence-electron chi connectivity index (χ4n) is 4.63. The van der Waals surface area contributed by atoms with Crippen LogP contribution in [0.2, 0.25) is 0 Å². The number of rotatable bonds is 1. The van der Waals surface area contributed by atoms with Gasteiger partial charge in [-0.15, -0.1) is 0 Å². The third kappa shape index (κ3) is 1.33. The highest BCUT2D eigenvalue weighted by molar-refractivity contribution is 4.93. The molecule has 0 aromatic rings. The molecule has 3 aliphatic rings. The highest BCUT2D eigenvalue weighted by Gasteiger charge is 2.43. The van der Waals surface area contributed by atoms with Crippen LogP contribution in [-0.4, -0.2) is 0 Å². The number of hydrogen-bond donors (Lipinski definition) is 0. The second-order valence-corrected chi connectivity index (χ2v) is 5.65. The van der Waals surface area contributed by atoms with Crippen molar-refractivity contribution in [2.45, 2.75) is 57.8 Å². The van der Waals surface area contributed by atoms with Crippen molar-refractivity contribution in [3.05, 3.63) is 0 Å². The molecule has 0 spiro atoms. The Morgan fingerprint density at radius 2 is 0.923 bits per heavy atom. The molecule has 0 aliphatic heterocycles. The third-order valence-corrected chi connectivity index (χ3v) is 5.09. The van der Waals surface area contributed by atoms with E-state index in [9.17, 15) is 0 Å². The van der Waals surface area contributed by atoms with Crippen LogP contribution in [0.1, 0.15) is 57.8 Å². The minimum absolute atomic E-state index is 1.16. The van der Waals surface area contributed by atoms with E-state index in [1.807, 2.05) is 0 Å². The fourth-order valence-corrected chi connectivity index (χ4v) is 4.63. The molecular formula is C13H22. The lowest BCUT2D eigenvalue weighted by Crippen LogP contribution is -2.26. The Balaban J connectivity index is 1.75. The van der Waals surface area contributed by atoms with Gasteiger partial charge in [0.1, 0.15) is 0 Å². The highest BCUT2D eigenvalue weighted by atomic mass is 14.5. The lowest BCUT2D eigenvalue weighted by molar-refractivity contribution is 0.152. The second kappa shape index (κ2) is 3.29. The maximum Gasteiger partial charge on any atom is -0.0329 e. The number of fused-ring (bicyclic) bond motifs is 2. The quantitative estimate of drug-likeness (QED) is 0.569. The summed E-state index contributed by atoms with van der Waals surface area (Å²) in [4.78, 5) is 0. The van der Waals surface area contributed by atoms with E-state index in [-0.39, 0.29) is 0 Å². The van der Waals surface area contributed by atoms with Crippen LogP contribution in [0.3, 0.4) is 0 Å². The molecule has 0 heteroatoms. The summed E-state index contributed by atoms with van der Waals surface area (Å²) in [5, 5.41) is 0. The third-order valence-electron chi connectivity index (χ3n) is 5.09. The Kier molecular flexibility index (Phi) is 2.11. The zero-order valence-electron chi connectivity index (χ0n) is 8.67. The average molecular weight is 178 g/mol. The van der Waals surface area contributed by atoms with Crippen molar-refractivity contribution in [3.63, 3.8) is 0 Å². The van der Waals surface area contributed by atoms with Crippen molar-refractivity contribution in [3.8, 4) is 0 Å². The van der Waals surface area contributed by atoms with Crippen molar-refractivity contribution in [2.24, 2.45) is 23.7 Å². The second-order valence-electron chi connectivity index (χ2n) is 5.65. The highest BCUT2D eigenvalue weighted by Crippen LogP contribution is 2.53. The monoisotopic (exact) mass is 178 g/mol. The van der Waals surface area contributed by atoms with Gasteiger partial charge in [0.15, 0.2) is 0 Å². The van der Waals surface area contributed by atoms with E-state index in [2.05, 4.69) is 0 Å². The van der Waals surface area contributed by atoms with E-state index in [1.165, 1.54) is 17.8 Å². The van der Waals surface area contributed by atoms with Crippen LogP contribution < -0.4 is 0 Å². The van der Waals surface area contributed by atoms with Crippen molar-refractivity contribution in [1.29, 1.82) is 0 Å². The zero-order chi connectivity index (χ0) is 8.67. The van der Waals surface area contributed by atoms with Crippen LogP contribution in [0.5, 0.6) is 0 Å². The first-order valence-electron chi connectivity index (χ1n) is 6.45. The summed E-state index contributed by atoms with van der Waals surface area (Å²) in [7, 11) is 0. The van der Waals surface area contributed by atoms with Crippen LogP contribution >= 0.6 is 0 Å². The van der Waals surface area contributed by atoms with Gasteiger partial charge in [-0.05, 0) is 36.5 Å². The van der Waals surface area contributed by atoms with Crippen LogP contribution in [-0.2, 0) is 0 Å². The van der Waals surface area contributed by atoms with E-state index in [4.69, 9.17) is 0 Å². The summed E-state index contributed by atoms with van der Waals surface area (Å²) in [6, 6.07) is 0. The number of hydrogen-bond acceptors (Lipinski definition) is 0. The SMILES string of the molecule is C1CCC(C2C3CCCC2CC3)C1. The molecular weight excluding hydrogens is 156 g/mol. The van der Waals surface area contributed by atoms with E-state index in [0.29, 0.717) is 0 Å². The molecule has 0 heterocycles. The normalized spacial score (nSPS) is 45.7. The molecule has 3 fully saturated rings. The first-order chi connectivity index (χ1) is 6.45. The standard InChI is InChI=1S/C13H22/c1-2-5-10(4-1)13-11-6-3-7-12(13)9-8-11/h10-13H,1-9H2. The Hall–Kier alpha value is 0. The fraction of sp³-hybridized carbons (Fsp3) is 1.00. The van der Waals surface area contributed by atoms with E-state index in [1.54, 1.807) is 57.8 Å². The van der Waals surface area contributed by atoms with E-state index >= 15 is 0 Å². The topological polar surface area (TPSA) is 0 Å². The molecule has 0 radical (unpaired) electrons. The summed E-state index contributed by atoms with van der Waals surface area (Å²) in [5.74, 6) is 4.69. The summed E-state index contributed by atoms with van der Waals surface area (Å²) in [6.45, 7) is 0. The summed E-state index contributed by atoms with van der Waals surface area (Å²) in [6.07, 6.45) is 14.1. The van der Waals surface area contributed by atoms with Gasteiger partial charge in [-0.1, -0.05) is 44.9 Å². The van der Waals surface area contributed by atoms with Gasteiger partial charge in [0.25, 0.3) is 0 Å². The van der Waals surface area contributed by atoms with Gasteiger partial charge in [0, 0.05) is 0 Å². The largest absolute Gasteiger partial charge is 0.0530 e. The van der Waals surface area contributed by atoms with Crippen molar-refractivity contribution >= 4 is 0 Å². The smallest absolute Gasteiger partial charge is 0.0329 e. The van der Waals surface area contributed by atoms with Crippen LogP contribution in [0.4, 0.5) is 0 Å². The van der Waals surface area contributed by atoms with Gasteiger partial charge >= 0.3 is 0 Å². The first-order valence-corrected chi connectivity index (χ1v) is 6.45. The summed E-state index contributed by atoms with van der Waals surface area (Å²) >= 11 is 0. The van der Waals surface area contributed by atoms with E-state index in [0.717, 1.165) is 5.92 Å². The minimum Gasteiger partial charge on any atom is -0.0530 e. The summed E-state index contributed by atoms with van der Waals surface area (Å²) in [5.41, 5.74) is 0. The molecule has 2 atom stereocenters. The molecule has 0 amide bonds. The average Bonchev–Trinajstić information content (AvgIpc) is 2.72. The maximum absolute atomic E-state index is 1.59. The molecule has 13 heavy (non-hydrogen) atoms. The van der Waals surface area contributed by atoms with Gasteiger partial charge in [0.2, 0.25) is 0 Å².